The molecule has 0 bridgehead atoms. The third-order valence-electron chi connectivity index (χ3n) is 4.43. The molecule has 0 aliphatic heterocycles. The fourth-order valence-electron chi connectivity index (χ4n) is 2.90. The van der Waals surface area contributed by atoms with Crippen LogP contribution in [0.25, 0.3) is 21.5 Å². The lowest BCUT2D eigenvalue weighted by atomic mass is 10.1. The van der Waals surface area contributed by atoms with E-state index in [1.807, 2.05) is 12.1 Å². The van der Waals surface area contributed by atoms with Gasteiger partial charge in [0.05, 0.1) is 24.0 Å². The lowest BCUT2D eigenvalue weighted by Crippen LogP contribution is -2.05. The van der Waals surface area contributed by atoms with Crippen molar-refractivity contribution in [1.82, 2.24) is 0 Å². The molecule has 5 nitrogen and oxygen atoms in total. The van der Waals surface area contributed by atoms with Gasteiger partial charge in [0.15, 0.2) is 0 Å². The molecule has 2 aromatic carbocycles. The number of rotatable bonds is 8. The molecule has 0 amide bonds. The fourth-order valence-corrected chi connectivity index (χ4v) is 2.90. The van der Waals surface area contributed by atoms with E-state index in [1.54, 1.807) is 24.3 Å². The summed E-state index contributed by atoms with van der Waals surface area (Å²) < 4.78 is 16.4. The molecule has 0 fully saturated rings. The minimum Gasteiger partial charge on any atom is -0.494 e. The molecule has 142 valence electrons. The average Bonchev–Trinajstić information content (AvgIpc) is 2.77. The van der Waals surface area contributed by atoms with Crippen LogP contribution in [0, 0.1) is 0 Å². The summed E-state index contributed by atoms with van der Waals surface area (Å²) in [6.07, 6.45) is 3.92. The number of ether oxygens (including phenoxy) is 2. The Labute approximate surface area is 157 Å². The lowest BCUT2D eigenvalue weighted by molar-refractivity contribution is 0.309. The molecule has 0 aliphatic rings. The Morgan fingerprint density at radius 1 is 0.704 bits per heavy atom. The summed E-state index contributed by atoms with van der Waals surface area (Å²) >= 11 is 0. The van der Waals surface area contributed by atoms with Crippen molar-refractivity contribution in [3.8, 4) is 11.5 Å². The maximum Gasteiger partial charge on any atom is 0.346 e. The molecule has 3 rings (SSSR count). The number of hydrogen-bond donors (Lipinski definition) is 0. The highest BCUT2D eigenvalue weighted by Crippen LogP contribution is 2.26. The largest absolute Gasteiger partial charge is 0.494 e. The van der Waals surface area contributed by atoms with E-state index in [4.69, 9.17) is 13.9 Å². The van der Waals surface area contributed by atoms with Crippen LogP contribution in [0.4, 0.5) is 0 Å². The van der Waals surface area contributed by atoms with Crippen LogP contribution in [0.5, 0.6) is 11.5 Å². The topological polar surface area (TPSA) is 65.7 Å². The van der Waals surface area contributed by atoms with Crippen LogP contribution in [0.3, 0.4) is 0 Å². The molecule has 1 aromatic heterocycles. The fraction of sp³-hybridized carbons (Fsp3) is 0.364. The number of hydrogen-bond acceptors (Lipinski definition) is 5. The van der Waals surface area contributed by atoms with Gasteiger partial charge in [-0.25, -0.2) is 9.59 Å². The van der Waals surface area contributed by atoms with Gasteiger partial charge in [0, 0.05) is 0 Å². The highest BCUT2D eigenvalue weighted by molar-refractivity contribution is 6.05. The summed E-state index contributed by atoms with van der Waals surface area (Å²) in [5.41, 5.74) is -1.33. The maximum atomic E-state index is 12.4. The van der Waals surface area contributed by atoms with Gasteiger partial charge in [-0.2, -0.15) is 0 Å². The molecule has 0 saturated carbocycles. The number of fused-ring (bicyclic) bond motifs is 3. The van der Waals surface area contributed by atoms with Crippen molar-refractivity contribution in [2.45, 2.75) is 39.5 Å². The van der Waals surface area contributed by atoms with Crippen LogP contribution in [0.15, 0.2) is 50.4 Å². The number of benzene rings is 2. The molecule has 0 radical (unpaired) electrons. The Kier molecular flexibility index (Phi) is 6.12. The second-order valence-electron chi connectivity index (χ2n) is 6.50. The van der Waals surface area contributed by atoms with Crippen LogP contribution in [-0.4, -0.2) is 13.2 Å². The SMILES string of the molecule is CCCCOc1ccc2c(c1)c(=O)oc(=O)c1cc(OCCCC)ccc12. The summed E-state index contributed by atoms with van der Waals surface area (Å²) in [6.45, 7) is 5.33. The van der Waals surface area contributed by atoms with Gasteiger partial charge < -0.3 is 13.9 Å². The van der Waals surface area contributed by atoms with Gasteiger partial charge in [-0.05, 0) is 60.0 Å². The number of unbranched alkanes of at least 4 members (excludes halogenated alkanes) is 2. The first-order valence-electron chi connectivity index (χ1n) is 9.44. The van der Waals surface area contributed by atoms with Crippen LogP contribution < -0.4 is 20.7 Å². The van der Waals surface area contributed by atoms with Crippen molar-refractivity contribution in [3.63, 3.8) is 0 Å². The zero-order valence-electron chi connectivity index (χ0n) is 15.7. The minimum atomic E-state index is -0.666. The first kappa shape index (κ1) is 19.0. The van der Waals surface area contributed by atoms with E-state index >= 15 is 0 Å². The molecule has 0 aliphatic carbocycles. The second kappa shape index (κ2) is 8.71. The van der Waals surface area contributed by atoms with Crippen LogP contribution in [0.1, 0.15) is 39.5 Å². The quantitative estimate of drug-likeness (QED) is 0.541. The standard InChI is InChI=1S/C22H24O5/c1-3-5-11-25-15-7-9-17-18-10-8-16(26-12-6-4-2)14-20(18)22(24)27-21(23)19(17)13-15/h7-10,13-14H,3-6,11-12H2,1-2H3. The predicted molar refractivity (Wildman–Crippen MR) is 107 cm³/mol. The Morgan fingerprint density at radius 2 is 1.15 bits per heavy atom. The third-order valence-corrected chi connectivity index (χ3v) is 4.43. The highest BCUT2D eigenvalue weighted by atomic mass is 16.5. The maximum absolute atomic E-state index is 12.4. The molecule has 1 heterocycles. The Balaban J connectivity index is 2.11. The molecule has 0 spiro atoms. The van der Waals surface area contributed by atoms with E-state index in [2.05, 4.69) is 13.8 Å². The van der Waals surface area contributed by atoms with Crippen molar-refractivity contribution in [2.24, 2.45) is 0 Å². The van der Waals surface area contributed by atoms with Crippen molar-refractivity contribution in [2.75, 3.05) is 13.2 Å². The highest BCUT2D eigenvalue weighted by Gasteiger charge is 2.10. The van der Waals surface area contributed by atoms with Gasteiger partial charge in [-0.15, -0.1) is 0 Å². The van der Waals surface area contributed by atoms with E-state index in [-0.39, 0.29) is 0 Å². The molecular weight excluding hydrogens is 344 g/mol. The smallest absolute Gasteiger partial charge is 0.346 e. The van der Waals surface area contributed by atoms with Crippen LogP contribution in [0.2, 0.25) is 0 Å². The van der Waals surface area contributed by atoms with E-state index in [0.717, 1.165) is 25.7 Å². The summed E-state index contributed by atoms with van der Waals surface area (Å²) in [7, 11) is 0. The summed E-state index contributed by atoms with van der Waals surface area (Å²) in [5, 5.41) is 1.97. The van der Waals surface area contributed by atoms with Crippen molar-refractivity contribution in [3.05, 3.63) is 57.2 Å². The first-order chi connectivity index (χ1) is 13.1. The Morgan fingerprint density at radius 3 is 1.56 bits per heavy atom. The van der Waals surface area contributed by atoms with E-state index in [9.17, 15) is 9.59 Å². The molecule has 0 saturated heterocycles. The predicted octanol–water partition coefficient (Wildman–Crippen LogP) is 4.66. The minimum absolute atomic E-state index is 0.329. The normalized spacial score (nSPS) is 11.0. The monoisotopic (exact) mass is 368 g/mol. The van der Waals surface area contributed by atoms with Crippen LogP contribution in [-0.2, 0) is 0 Å². The lowest BCUT2D eigenvalue weighted by Gasteiger charge is -2.07. The second-order valence-corrected chi connectivity index (χ2v) is 6.50. The molecule has 27 heavy (non-hydrogen) atoms. The average molecular weight is 368 g/mol. The van der Waals surface area contributed by atoms with Crippen LogP contribution >= 0.6 is 0 Å². The molecule has 0 N–H and O–H groups in total. The summed E-state index contributed by atoms with van der Waals surface area (Å²) in [5.74, 6) is 1.18. The van der Waals surface area contributed by atoms with Gasteiger partial charge in [0.1, 0.15) is 11.5 Å². The molecule has 0 atom stereocenters. The van der Waals surface area contributed by atoms with Gasteiger partial charge >= 0.3 is 11.3 Å². The molecule has 3 aromatic rings. The Hall–Kier alpha value is -2.82. The summed E-state index contributed by atoms with van der Waals surface area (Å²) in [4.78, 5) is 24.9. The van der Waals surface area contributed by atoms with Gasteiger partial charge in [0.2, 0.25) is 0 Å². The van der Waals surface area contributed by atoms with Crippen molar-refractivity contribution >= 4 is 21.5 Å². The Bertz CT molecular complexity index is 968. The zero-order valence-corrected chi connectivity index (χ0v) is 15.7. The molecule has 0 unspecified atom stereocenters. The first-order valence-corrected chi connectivity index (χ1v) is 9.44. The molecular formula is C22H24O5. The third kappa shape index (κ3) is 4.30. The summed E-state index contributed by atoms with van der Waals surface area (Å²) in [6, 6.07) is 10.5. The zero-order chi connectivity index (χ0) is 19.2. The van der Waals surface area contributed by atoms with Crippen molar-refractivity contribution in [1.29, 1.82) is 0 Å². The van der Waals surface area contributed by atoms with E-state index in [1.165, 1.54) is 0 Å². The van der Waals surface area contributed by atoms with E-state index in [0.29, 0.717) is 46.3 Å². The van der Waals surface area contributed by atoms with Crippen molar-refractivity contribution < 1.29 is 13.9 Å². The van der Waals surface area contributed by atoms with Gasteiger partial charge in [0.25, 0.3) is 0 Å². The van der Waals surface area contributed by atoms with E-state index < -0.39 is 11.3 Å². The van der Waals surface area contributed by atoms with Gasteiger partial charge in [-0.3, -0.25) is 0 Å². The van der Waals surface area contributed by atoms with Gasteiger partial charge in [-0.1, -0.05) is 26.7 Å². The molecule has 5 heteroatoms.